The molecule has 172 valence electrons. The number of amides is 2. The van der Waals surface area contributed by atoms with Gasteiger partial charge in [0, 0.05) is 48.7 Å². The van der Waals surface area contributed by atoms with Crippen LogP contribution in [0.2, 0.25) is 0 Å². The first kappa shape index (κ1) is 21.7. The first-order valence-electron chi connectivity index (χ1n) is 11.8. The van der Waals surface area contributed by atoms with Crippen LogP contribution < -0.4 is 0 Å². The van der Waals surface area contributed by atoms with Crippen LogP contribution in [0.25, 0.3) is 10.9 Å². The minimum Gasteiger partial charge on any atom is -0.347 e. The van der Waals surface area contributed by atoms with E-state index in [1.54, 1.807) is 18.2 Å². The van der Waals surface area contributed by atoms with Gasteiger partial charge in [0.2, 0.25) is 5.91 Å². The summed E-state index contributed by atoms with van der Waals surface area (Å²) in [5, 5.41) is 0.969. The molecule has 3 aromatic rings. The predicted molar refractivity (Wildman–Crippen MR) is 126 cm³/mol. The van der Waals surface area contributed by atoms with E-state index in [1.165, 1.54) is 6.07 Å². The fourth-order valence-corrected chi connectivity index (χ4v) is 5.71. The molecule has 2 fully saturated rings. The van der Waals surface area contributed by atoms with Crippen LogP contribution in [0.4, 0.5) is 4.39 Å². The van der Waals surface area contributed by atoms with Crippen LogP contribution in [-0.2, 0) is 18.4 Å². The van der Waals surface area contributed by atoms with Crippen molar-refractivity contribution in [3.63, 3.8) is 0 Å². The van der Waals surface area contributed by atoms with E-state index in [0.717, 1.165) is 47.8 Å². The molecule has 3 heterocycles. The van der Waals surface area contributed by atoms with Crippen molar-refractivity contribution in [1.82, 2.24) is 14.4 Å². The van der Waals surface area contributed by atoms with Crippen molar-refractivity contribution in [1.29, 1.82) is 0 Å². The molecule has 33 heavy (non-hydrogen) atoms. The highest BCUT2D eigenvalue weighted by Crippen LogP contribution is 2.34. The number of carbonyl (C=O) groups is 2. The quantitative estimate of drug-likeness (QED) is 0.578. The SMILES string of the molecule is Cc1c(C(=O)N2CC[C@H]3[C@H]2CCCCC(=O)N3Cc2ccccc2F)c2ccccc2n1C. The van der Waals surface area contributed by atoms with E-state index in [1.807, 2.05) is 48.0 Å². The third-order valence-corrected chi connectivity index (χ3v) is 7.54. The molecule has 2 atom stereocenters. The molecule has 0 aliphatic carbocycles. The summed E-state index contributed by atoms with van der Waals surface area (Å²) < 4.78 is 16.5. The minimum absolute atomic E-state index is 0.0377. The Bertz CT molecular complexity index is 1220. The predicted octanol–water partition coefficient (Wildman–Crippen LogP) is 4.81. The summed E-state index contributed by atoms with van der Waals surface area (Å²) in [4.78, 5) is 30.8. The fraction of sp³-hybridized carbons (Fsp3) is 0.407. The maximum absolute atomic E-state index is 14.4. The first-order valence-corrected chi connectivity index (χ1v) is 11.8. The molecule has 2 amide bonds. The highest BCUT2D eigenvalue weighted by Gasteiger charge is 2.43. The van der Waals surface area contributed by atoms with Crippen molar-refractivity contribution < 1.29 is 14.0 Å². The van der Waals surface area contributed by atoms with Gasteiger partial charge in [-0.2, -0.15) is 0 Å². The fourth-order valence-electron chi connectivity index (χ4n) is 5.71. The Kier molecular flexibility index (Phi) is 5.69. The number of benzene rings is 2. The number of carbonyl (C=O) groups excluding carboxylic acids is 2. The number of para-hydroxylation sites is 1. The Hall–Kier alpha value is -3.15. The van der Waals surface area contributed by atoms with Gasteiger partial charge in [0.25, 0.3) is 5.91 Å². The van der Waals surface area contributed by atoms with E-state index in [9.17, 15) is 14.0 Å². The lowest BCUT2D eigenvalue weighted by Gasteiger charge is -2.37. The average Bonchev–Trinajstić information content (AvgIpc) is 3.33. The second-order valence-corrected chi connectivity index (χ2v) is 9.32. The third kappa shape index (κ3) is 3.71. The molecule has 2 saturated heterocycles. The number of rotatable bonds is 3. The van der Waals surface area contributed by atoms with E-state index in [2.05, 4.69) is 4.57 Å². The standard InChI is InChI=1S/C27H30FN3O2/c1-18-26(20-10-4-6-12-22(20)29(18)2)27(33)30-16-15-24-23(30)13-7-8-14-25(32)31(24)17-19-9-3-5-11-21(19)28/h3-6,9-12,23-24H,7-8,13-17H2,1-2H3/t23-,24+/m1/s1. The van der Waals surface area contributed by atoms with Gasteiger partial charge in [0.15, 0.2) is 0 Å². The van der Waals surface area contributed by atoms with Crippen molar-refractivity contribution in [3.8, 4) is 0 Å². The van der Waals surface area contributed by atoms with Gasteiger partial charge in [0.05, 0.1) is 17.6 Å². The smallest absolute Gasteiger partial charge is 0.256 e. The number of aryl methyl sites for hydroxylation is 1. The topological polar surface area (TPSA) is 45.6 Å². The zero-order valence-corrected chi connectivity index (χ0v) is 19.3. The maximum Gasteiger partial charge on any atom is 0.256 e. The lowest BCUT2D eigenvalue weighted by atomic mass is 9.95. The number of fused-ring (bicyclic) bond motifs is 2. The molecule has 0 bridgehead atoms. The van der Waals surface area contributed by atoms with E-state index < -0.39 is 0 Å². The van der Waals surface area contributed by atoms with Crippen LogP contribution in [0.3, 0.4) is 0 Å². The van der Waals surface area contributed by atoms with Gasteiger partial charge >= 0.3 is 0 Å². The van der Waals surface area contributed by atoms with E-state index in [4.69, 9.17) is 0 Å². The zero-order chi connectivity index (χ0) is 23.1. The summed E-state index contributed by atoms with van der Waals surface area (Å²) in [6.45, 7) is 2.85. The van der Waals surface area contributed by atoms with Crippen LogP contribution in [0, 0.1) is 12.7 Å². The molecule has 2 aliphatic rings. The monoisotopic (exact) mass is 447 g/mol. The lowest BCUT2D eigenvalue weighted by Crippen LogP contribution is -2.50. The number of halogens is 1. The van der Waals surface area contributed by atoms with Crippen LogP contribution in [0.15, 0.2) is 48.5 Å². The van der Waals surface area contributed by atoms with Crippen molar-refractivity contribution in [2.75, 3.05) is 6.54 Å². The zero-order valence-electron chi connectivity index (χ0n) is 19.3. The second kappa shape index (κ2) is 8.65. The van der Waals surface area contributed by atoms with Crippen LogP contribution in [-0.4, -0.2) is 44.8 Å². The molecule has 0 radical (unpaired) electrons. The highest BCUT2D eigenvalue weighted by atomic mass is 19.1. The van der Waals surface area contributed by atoms with Gasteiger partial charge in [-0.25, -0.2) is 4.39 Å². The van der Waals surface area contributed by atoms with Crippen molar-refractivity contribution >= 4 is 22.7 Å². The van der Waals surface area contributed by atoms with Crippen molar-refractivity contribution in [3.05, 3.63) is 71.2 Å². The summed E-state index contributed by atoms with van der Waals surface area (Å²) in [6, 6.07) is 14.5. The molecule has 0 unspecified atom stereocenters. The van der Waals surface area contributed by atoms with E-state index in [-0.39, 0.29) is 36.3 Å². The normalized spacial score (nSPS) is 21.2. The highest BCUT2D eigenvalue weighted by molar-refractivity contribution is 6.08. The second-order valence-electron chi connectivity index (χ2n) is 9.32. The van der Waals surface area contributed by atoms with Gasteiger partial charge in [-0.3, -0.25) is 9.59 Å². The number of aromatic nitrogens is 1. The molecule has 0 saturated carbocycles. The summed E-state index contributed by atoms with van der Waals surface area (Å²) >= 11 is 0. The number of nitrogens with zero attached hydrogens (tertiary/aromatic N) is 3. The number of hydrogen-bond acceptors (Lipinski definition) is 2. The first-order chi connectivity index (χ1) is 16.0. The average molecular weight is 448 g/mol. The molecule has 0 spiro atoms. The maximum atomic E-state index is 14.4. The minimum atomic E-state index is -0.291. The molecule has 0 N–H and O–H groups in total. The number of hydrogen-bond donors (Lipinski definition) is 0. The van der Waals surface area contributed by atoms with Crippen LogP contribution in [0.1, 0.15) is 53.7 Å². The van der Waals surface area contributed by atoms with Gasteiger partial charge in [0.1, 0.15) is 5.82 Å². The van der Waals surface area contributed by atoms with Gasteiger partial charge in [-0.15, -0.1) is 0 Å². The Balaban J connectivity index is 1.48. The largest absolute Gasteiger partial charge is 0.347 e. The van der Waals surface area contributed by atoms with Crippen LogP contribution >= 0.6 is 0 Å². The molecule has 2 aliphatic heterocycles. The molecular weight excluding hydrogens is 417 g/mol. The Morgan fingerprint density at radius 2 is 1.79 bits per heavy atom. The lowest BCUT2D eigenvalue weighted by molar-refractivity contribution is -0.135. The summed E-state index contributed by atoms with van der Waals surface area (Å²) in [7, 11) is 1.99. The van der Waals surface area contributed by atoms with Gasteiger partial charge in [-0.05, 0) is 38.3 Å². The molecule has 5 nitrogen and oxygen atoms in total. The number of likely N-dealkylation sites (tertiary alicyclic amines) is 2. The summed E-state index contributed by atoms with van der Waals surface area (Å²) in [5.74, 6) is -0.194. The van der Waals surface area contributed by atoms with E-state index in [0.29, 0.717) is 18.5 Å². The Labute approximate surface area is 193 Å². The van der Waals surface area contributed by atoms with Gasteiger partial charge in [-0.1, -0.05) is 42.8 Å². The molecule has 6 heteroatoms. The summed E-state index contributed by atoms with van der Waals surface area (Å²) in [6.07, 6.45) is 3.78. The van der Waals surface area contributed by atoms with E-state index >= 15 is 0 Å². The Morgan fingerprint density at radius 3 is 2.61 bits per heavy atom. The third-order valence-electron chi connectivity index (χ3n) is 7.54. The van der Waals surface area contributed by atoms with Gasteiger partial charge < -0.3 is 14.4 Å². The summed E-state index contributed by atoms with van der Waals surface area (Å²) in [5.41, 5.74) is 3.28. The molecular formula is C27H30FN3O2. The Morgan fingerprint density at radius 1 is 1.03 bits per heavy atom. The molecule has 1 aromatic heterocycles. The van der Waals surface area contributed by atoms with Crippen molar-refractivity contribution in [2.24, 2.45) is 7.05 Å². The van der Waals surface area contributed by atoms with Crippen LogP contribution in [0.5, 0.6) is 0 Å². The molecule has 2 aromatic carbocycles. The van der Waals surface area contributed by atoms with Crippen molar-refractivity contribution in [2.45, 2.75) is 57.7 Å². The molecule has 5 rings (SSSR count).